The van der Waals surface area contributed by atoms with Gasteiger partial charge >= 0.3 is 0 Å². The number of aliphatic hydroxyl groups is 1. The number of hydrogen-bond acceptors (Lipinski definition) is 8. The van der Waals surface area contributed by atoms with Crippen LogP contribution in [0.1, 0.15) is 29.7 Å². The molecule has 9 heteroatoms. The zero-order chi connectivity index (χ0) is 25.8. The number of amides is 1. The number of carbonyl (C=O) groups is 2. The van der Waals surface area contributed by atoms with Crippen LogP contribution in [0.15, 0.2) is 42.0 Å². The molecule has 2 aromatic carbocycles. The summed E-state index contributed by atoms with van der Waals surface area (Å²) in [5.41, 5.74) is 1.75. The van der Waals surface area contributed by atoms with Crippen molar-refractivity contribution in [1.29, 1.82) is 0 Å². The average Bonchev–Trinajstić information content (AvgIpc) is 3.14. The second-order valence-electron chi connectivity index (χ2n) is 8.79. The Hall–Kier alpha value is -3.56. The van der Waals surface area contributed by atoms with Crippen LogP contribution < -0.4 is 9.47 Å². The van der Waals surface area contributed by atoms with Crippen LogP contribution >= 0.6 is 0 Å². The molecule has 0 aromatic heterocycles. The summed E-state index contributed by atoms with van der Waals surface area (Å²) in [6.45, 7) is 7.54. The Morgan fingerprint density at radius 1 is 1.08 bits per heavy atom. The van der Waals surface area contributed by atoms with Crippen LogP contribution in [0.4, 0.5) is 0 Å². The summed E-state index contributed by atoms with van der Waals surface area (Å²) in [6.07, 6.45) is 0. The van der Waals surface area contributed by atoms with E-state index in [1.54, 1.807) is 44.4 Å². The molecule has 0 spiro atoms. The third-order valence-corrected chi connectivity index (χ3v) is 6.57. The molecule has 1 amide bonds. The van der Waals surface area contributed by atoms with Gasteiger partial charge in [0.15, 0.2) is 11.5 Å². The van der Waals surface area contributed by atoms with Crippen LogP contribution in [0.2, 0.25) is 0 Å². The fourth-order valence-corrected chi connectivity index (χ4v) is 4.68. The van der Waals surface area contributed by atoms with Gasteiger partial charge in [-0.25, -0.2) is 0 Å². The van der Waals surface area contributed by atoms with Crippen molar-refractivity contribution in [3.05, 3.63) is 58.7 Å². The Morgan fingerprint density at radius 3 is 2.50 bits per heavy atom. The van der Waals surface area contributed by atoms with Gasteiger partial charge < -0.3 is 29.3 Å². The molecule has 9 nitrogen and oxygen atoms in total. The molecule has 0 saturated carbocycles. The molecular weight excluding hydrogens is 464 g/mol. The number of nitrogens with zero attached hydrogens (tertiary/aromatic N) is 2. The van der Waals surface area contributed by atoms with Crippen molar-refractivity contribution in [1.82, 2.24) is 9.80 Å². The minimum Gasteiger partial charge on any atom is -0.507 e. The van der Waals surface area contributed by atoms with E-state index in [2.05, 4.69) is 4.90 Å². The number of Topliss-reactive ketones (excluding diaryl/α,β-unsaturated/α-hetero) is 1. The maximum Gasteiger partial charge on any atom is 0.295 e. The van der Waals surface area contributed by atoms with E-state index in [1.165, 1.54) is 11.0 Å². The van der Waals surface area contributed by atoms with Crippen molar-refractivity contribution in [2.75, 3.05) is 53.1 Å². The minimum atomic E-state index is -0.840. The van der Waals surface area contributed by atoms with Gasteiger partial charge in [-0.2, -0.15) is 0 Å². The average molecular weight is 497 g/mol. The molecule has 1 atom stereocenters. The van der Waals surface area contributed by atoms with Crippen LogP contribution in [0.3, 0.4) is 0 Å². The number of benzene rings is 2. The molecular formula is C27H32N2O7. The van der Waals surface area contributed by atoms with E-state index in [0.29, 0.717) is 49.8 Å². The zero-order valence-electron chi connectivity index (χ0n) is 20.8. The number of ether oxygens (including phenoxy) is 3. The highest BCUT2D eigenvalue weighted by Gasteiger charge is 2.46. The summed E-state index contributed by atoms with van der Waals surface area (Å²) in [7, 11) is 1.56. The van der Waals surface area contributed by atoms with Crippen molar-refractivity contribution < 1.29 is 34.0 Å². The smallest absolute Gasteiger partial charge is 0.295 e. The van der Waals surface area contributed by atoms with E-state index in [4.69, 9.17) is 14.2 Å². The lowest BCUT2D eigenvalue weighted by Gasteiger charge is -2.31. The Bertz CT molecular complexity index is 1170. The molecule has 2 fully saturated rings. The topological polar surface area (TPSA) is 109 Å². The number of phenols is 1. The van der Waals surface area contributed by atoms with Gasteiger partial charge in [0.2, 0.25) is 0 Å². The number of rotatable bonds is 8. The van der Waals surface area contributed by atoms with Crippen molar-refractivity contribution >= 4 is 17.4 Å². The predicted molar refractivity (Wildman–Crippen MR) is 133 cm³/mol. The molecule has 4 rings (SSSR count). The molecule has 36 heavy (non-hydrogen) atoms. The monoisotopic (exact) mass is 496 g/mol. The first-order chi connectivity index (χ1) is 17.3. The number of phenolic OH excluding ortho intramolecular Hbond substituents is 1. The number of hydrogen-bond donors (Lipinski definition) is 2. The van der Waals surface area contributed by atoms with Gasteiger partial charge in [0.1, 0.15) is 11.5 Å². The summed E-state index contributed by atoms with van der Waals surface area (Å²) in [4.78, 5) is 30.2. The molecule has 0 bridgehead atoms. The van der Waals surface area contributed by atoms with Crippen LogP contribution in [-0.4, -0.2) is 84.8 Å². The summed E-state index contributed by atoms with van der Waals surface area (Å²) in [5.74, 6) is -0.839. The van der Waals surface area contributed by atoms with Gasteiger partial charge in [-0.1, -0.05) is 6.07 Å². The number of ketones is 1. The highest BCUT2D eigenvalue weighted by Crippen LogP contribution is 2.42. The van der Waals surface area contributed by atoms with Crippen LogP contribution in [0, 0.1) is 6.92 Å². The molecule has 2 heterocycles. The molecule has 0 radical (unpaired) electrons. The Morgan fingerprint density at radius 2 is 1.83 bits per heavy atom. The molecule has 2 N–H and O–H groups in total. The normalized spacial score (nSPS) is 20.1. The van der Waals surface area contributed by atoms with Gasteiger partial charge in [-0.15, -0.1) is 0 Å². The van der Waals surface area contributed by atoms with Gasteiger partial charge in [-0.05, 0) is 55.3 Å². The number of carbonyl (C=O) groups excluding carboxylic acids is 2. The zero-order valence-corrected chi connectivity index (χ0v) is 20.8. The first kappa shape index (κ1) is 25.5. The van der Waals surface area contributed by atoms with Crippen molar-refractivity contribution in [2.45, 2.75) is 19.9 Å². The second-order valence-corrected chi connectivity index (χ2v) is 8.79. The van der Waals surface area contributed by atoms with E-state index in [-0.39, 0.29) is 22.8 Å². The molecule has 192 valence electrons. The number of aromatic hydroxyl groups is 1. The van der Waals surface area contributed by atoms with Gasteiger partial charge in [0.05, 0.1) is 38.5 Å². The molecule has 2 saturated heterocycles. The van der Waals surface area contributed by atoms with E-state index in [9.17, 15) is 19.8 Å². The molecule has 0 unspecified atom stereocenters. The summed E-state index contributed by atoms with van der Waals surface area (Å²) < 4.78 is 16.3. The predicted octanol–water partition coefficient (Wildman–Crippen LogP) is 2.86. The minimum absolute atomic E-state index is 0.000294. The summed E-state index contributed by atoms with van der Waals surface area (Å²) in [6, 6.07) is 8.97. The third-order valence-electron chi connectivity index (χ3n) is 6.57. The first-order valence-corrected chi connectivity index (χ1v) is 12.0. The number of aliphatic hydroxyl groups excluding tert-OH is 1. The maximum atomic E-state index is 13.3. The molecule has 0 aliphatic carbocycles. The van der Waals surface area contributed by atoms with E-state index < -0.39 is 17.7 Å². The van der Waals surface area contributed by atoms with Gasteiger partial charge in [0, 0.05) is 31.7 Å². The number of morpholine rings is 1. The lowest BCUT2D eigenvalue weighted by atomic mass is 9.94. The third kappa shape index (κ3) is 5.03. The Labute approximate surface area is 210 Å². The van der Waals surface area contributed by atoms with Crippen LogP contribution in [-0.2, 0) is 14.3 Å². The largest absolute Gasteiger partial charge is 0.507 e. The van der Waals surface area contributed by atoms with Crippen LogP contribution in [0.25, 0.3) is 5.76 Å². The maximum absolute atomic E-state index is 13.3. The highest BCUT2D eigenvalue weighted by atomic mass is 16.5. The number of likely N-dealkylation sites (tertiary alicyclic amines) is 1. The van der Waals surface area contributed by atoms with Crippen molar-refractivity contribution in [2.24, 2.45) is 0 Å². The van der Waals surface area contributed by atoms with E-state index in [0.717, 1.165) is 18.7 Å². The SMILES string of the molecule is CCOc1cc([C@H]2/C(=C(\O)c3ccc(OC)c(C)c3)C(=O)C(=O)N2CCN2CCOCC2)ccc1O. The lowest BCUT2D eigenvalue weighted by molar-refractivity contribution is -0.140. The van der Waals surface area contributed by atoms with Crippen molar-refractivity contribution in [3.63, 3.8) is 0 Å². The first-order valence-electron chi connectivity index (χ1n) is 12.0. The Balaban J connectivity index is 1.78. The standard InChI is InChI=1S/C27H32N2O7/c1-4-36-22-16-18(5-7-20(22)30)24-23(25(31)19-6-8-21(34-3)17(2)15-19)26(32)27(33)29(24)10-9-28-11-13-35-14-12-28/h5-8,15-16,24,30-31H,4,9-14H2,1-3H3/b25-23+/t24-/m0/s1. The summed E-state index contributed by atoms with van der Waals surface area (Å²) in [5, 5.41) is 21.5. The highest BCUT2D eigenvalue weighted by molar-refractivity contribution is 6.46. The van der Waals surface area contributed by atoms with Gasteiger partial charge in [0.25, 0.3) is 11.7 Å². The quantitative estimate of drug-likeness (QED) is 0.326. The lowest BCUT2D eigenvalue weighted by Crippen LogP contribution is -2.42. The summed E-state index contributed by atoms with van der Waals surface area (Å²) >= 11 is 0. The Kier molecular flexibility index (Phi) is 7.81. The number of aryl methyl sites for hydroxylation is 1. The fourth-order valence-electron chi connectivity index (χ4n) is 4.68. The van der Waals surface area contributed by atoms with E-state index in [1.807, 2.05) is 6.92 Å². The molecule has 2 aliphatic heterocycles. The molecule has 2 aromatic rings. The van der Waals surface area contributed by atoms with Crippen molar-refractivity contribution in [3.8, 4) is 17.2 Å². The van der Waals surface area contributed by atoms with Gasteiger partial charge in [-0.3, -0.25) is 14.5 Å². The fraction of sp³-hybridized carbons (Fsp3) is 0.407. The molecule has 2 aliphatic rings. The van der Waals surface area contributed by atoms with Crippen LogP contribution in [0.5, 0.6) is 17.2 Å². The van der Waals surface area contributed by atoms with E-state index >= 15 is 0 Å². The number of methoxy groups -OCH3 is 1. The second kappa shape index (κ2) is 11.0.